The highest BCUT2D eigenvalue weighted by atomic mass is 28.3. The van der Waals surface area contributed by atoms with Gasteiger partial charge in [-0.15, -0.1) is 0 Å². The van der Waals surface area contributed by atoms with Gasteiger partial charge in [0.1, 0.15) is 12.2 Å². The summed E-state index contributed by atoms with van der Waals surface area (Å²) in [7, 11) is -2.28. The molecule has 0 amide bonds. The molecule has 2 rings (SSSR count). The van der Waals surface area contributed by atoms with Crippen molar-refractivity contribution < 1.29 is 39.2 Å². The van der Waals surface area contributed by atoms with Crippen LogP contribution in [-0.2, 0) is 18.8 Å². The Bertz CT molecular complexity index is 541. The lowest BCUT2D eigenvalue weighted by Crippen LogP contribution is -2.52. The van der Waals surface area contributed by atoms with Crippen molar-refractivity contribution in [2.24, 2.45) is 0 Å². The topological polar surface area (TPSA) is 134 Å². The molecule has 0 radical (unpaired) electrons. The molecular weight excluding hydrogens is 312 g/mol. The molecule has 0 fully saturated rings. The molecule has 2 aliphatic rings. The molecule has 2 heterocycles. The summed E-state index contributed by atoms with van der Waals surface area (Å²) in [5.74, 6) is -2.41. The van der Waals surface area contributed by atoms with Crippen molar-refractivity contribution in [3.8, 4) is 0 Å². The largest absolute Gasteiger partial charge is 0.482 e. The molecule has 22 heavy (non-hydrogen) atoms. The minimum atomic E-state index is -2.28. The lowest BCUT2D eigenvalue weighted by atomic mass is 10.0. The van der Waals surface area contributed by atoms with E-state index in [1.165, 1.54) is 17.9 Å². The van der Waals surface area contributed by atoms with Crippen LogP contribution >= 0.6 is 0 Å². The van der Waals surface area contributed by atoms with Crippen molar-refractivity contribution in [3.63, 3.8) is 0 Å². The molecule has 0 aromatic carbocycles. The van der Waals surface area contributed by atoms with Crippen molar-refractivity contribution in [2.45, 2.75) is 24.4 Å². The molecule has 0 saturated heterocycles. The van der Waals surface area contributed by atoms with E-state index in [1.807, 2.05) is 0 Å². The van der Waals surface area contributed by atoms with E-state index in [9.17, 15) is 30.0 Å². The standard InChI is InChI=1S/C13H14O8Si/c14-8-9(15)11(17)13(19)21-22-6-4-2-1-3-5-7(22)20-12(18)10(8)16/h1-6,8-11,14-17H/b2-1-,3-1?,4-2?,5-3-,6-4-,7-5?,22-6?,22-7-. The molecule has 0 saturated carbocycles. The van der Waals surface area contributed by atoms with Crippen molar-refractivity contribution in [3.05, 3.63) is 36.1 Å². The van der Waals surface area contributed by atoms with Gasteiger partial charge < -0.3 is 29.6 Å². The zero-order chi connectivity index (χ0) is 16.3. The number of aliphatic hydroxyl groups is 4. The van der Waals surface area contributed by atoms with Gasteiger partial charge in [0.05, 0.1) is 0 Å². The Morgan fingerprint density at radius 1 is 0.864 bits per heavy atom. The first-order chi connectivity index (χ1) is 10.4. The molecule has 0 aliphatic carbocycles. The fourth-order valence-electron chi connectivity index (χ4n) is 1.74. The molecule has 4 unspecified atom stereocenters. The molecule has 0 bridgehead atoms. The van der Waals surface area contributed by atoms with E-state index in [2.05, 4.69) is 0 Å². The van der Waals surface area contributed by atoms with E-state index in [4.69, 9.17) is 9.16 Å². The maximum absolute atomic E-state index is 11.8. The smallest absolute Gasteiger partial charge is 0.342 e. The van der Waals surface area contributed by atoms with E-state index in [0.29, 0.717) is 0 Å². The van der Waals surface area contributed by atoms with Crippen LogP contribution in [0.1, 0.15) is 0 Å². The minimum absolute atomic E-state index is 0.0150. The van der Waals surface area contributed by atoms with Gasteiger partial charge in [-0.25, -0.2) is 9.59 Å². The Balaban J connectivity index is 2.45. The van der Waals surface area contributed by atoms with Gasteiger partial charge in [0.2, 0.25) is 0 Å². The Hall–Kier alpha value is -1.91. The lowest BCUT2D eigenvalue weighted by Gasteiger charge is -2.26. The monoisotopic (exact) mass is 326 g/mol. The first-order valence-electron chi connectivity index (χ1n) is 6.33. The Morgan fingerprint density at radius 3 is 2.14 bits per heavy atom. The third-order valence-electron chi connectivity index (χ3n) is 2.97. The number of allylic oxidation sites excluding steroid dienone is 4. The highest BCUT2D eigenvalue weighted by Crippen LogP contribution is 2.11. The van der Waals surface area contributed by atoms with Gasteiger partial charge in [-0.3, -0.25) is 0 Å². The average Bonchev–Trinajstić information content (AvgIpc) is 2.49. The maximum Gasteiger partial charge on any atom is 0.342 e. The van der Waals surface area contributed by atoms with E-state index in [-0.39, 0.29) is 5.35 Å². The number of carbonyl (C=O) groups is 2. The number of ether oxygens (including phenoxy) is 1. The van der Waals surface area contributed by atoms with Crippen molar-refractivity contribution in [1.82, 2.24) is 0 Å². The number of aliphatic hydroxyl groups excluding tert-OH is 4. The first kappa shape index (κ1) is 16.5. The van der Waals surface area contributed by atoms with Crippen LogP contribution in [0.25, 0.3) is 0 Å². The summed E-state index contributed by atoms with van der Waals surface area (Å²) in [5, 5.41) is 38.5. The molecular formula is C13H14O8Si. The van der Waals surface area contributed by atoms with E-state index >= 15 is 0 Å². The molecule has 118 valence electrons. The molecule has 0 spiro atoms. The van der Waals surface area contributed by atoms with Gasteiger partial charge in [-0.1, -0.05) is 24.3 Å². The number of rotatable bonds is 0. The fraction of sp³-hybridized carbons (Fsp3) is 0.308. The maximum atomic E-state index is 11.8. The van der Waals surface area contributed by atoms with Gasteiger partial charge in [-0.05, 0) is 11.8 Å². The second-order valence-corrected chi connectivity index (χ2v) is 6.30. The second kappa shape index (κ2) is 6.90. The number of hydrogen-bond donors (Lipinski definition) is 4. The molecule has 9 heteroatoms. The molecule has 4 atom stereocenters. The van der Waals surface area contributed by atoms with E-state index in [0.717, 1.165) is 0 Å². The van der Waals surface area contributed by atoms with Gasteiger partial charge in [-0.2, -0.15) is 0 Å². The highest BCUT2D eigenvalue weighted by Gasteiger charge is 2.40. The second-order valence-electron chi connectivity index (χ2n) is 4.54. The fourth-order valence-corrected chi connectivity index (χ4v) is 3.15. The van der Waals surface area contributed by atoms with Gasteiger partial charge >= 0.3 is 20.6 Å². The highest BCUT2D eigenvalue weighted by molar-refractivity contribution is 6.72. The third kappa shape index (κ3) is 3.46. The predicted octanol–water partition coefficient (Wildman–Crippen LogP) is -2.55. The average molecular weight is 326 g/mol. The quantitative estimate of drug-likeness (QED) is 0.282. The summed E-state index contributed by atoms with van der Waals surface area (Å²) in [6.45, 7) is 0. The summed E-state index contributed by atoms with van der Waals surface area (Å²) in [5.41, 5.74) is 1.48. The summed E-state index contributed by atoms with van der Waals surface area (Å²) >= 11 is 0. The van der Waals surface area contributed by atoms with Crippen molar-refractivity contribution >= 4 is 25.9 Å². The SMILES string of the molecule is O=C1OC2=[Si](/C=C\C=C/C=C\2)OC(=O)C(O)C(O)C(O)C1O. The van der Waals surface area contributed by atoms with Crippen LogP contribution in [0.2, 0.25) is 0 Å². The molecule has 8 nitrogen and oxygen atoms in total. The van der Waals surface area contributed by atoms with Crippen LogP contribution in [0.4, 0.5) is 0 Å². The van der Waals surface area contributed by atoms with E-state index in [1.54, 1.807) is 18.2 Å². The molecule has 0 aromatic rings. The van der Waals surface area contributed by atoms with Gasteiger partial charge in [0, 0.05) is 0 Å². The van der Waals surface area contributed by atoms with Crippen LogP contribution in [-0.4, -0.2) is 70.8 Å². The van der Waals surface area contributed by atoms with Crippen molar-refractivity contribution in [1.29, 1.82) is 0 Å². The van der Waals surface area contributed by atoms with Crippen LogP contribution < -0.4 is 0 Å². The van der Waals surface area contributed by atoms with Crippen molar-refractivity contribution in [2.75, 3.05) is 0 Å². The summed E-state index contributed by atoms with van der Waals surface area (Å²) in [6.07, 6.45) is -0.641. The third-order valence-corrected chi connectivity index (χ3v) is 4.64. The number of esters is 1. The first-order valence-corrected chi connectivity index (χ1v) is 7.81. The number of hydrogen-bond acceptors (Lipinski definition) is 8. The van der Waals surface area contributed by atoms with E-state index < -0.39 is 45.0 Å². The Kier molecular flexibility index (Phi) is 5.16. The molecule has 0 aromatic heterocycles. The Morgan fingerprint density at radius 2 is 1.45 bits per heavy atom. The summed E-state index contributed by atoms with van der Waals surface area (Å²) < 4.78 is 10.0. The lowest BCUT2D eigenvalue weighted by molar-refractivity contribution is -0.171. The number of carbonyl (C=O) groups excluding carboxylic acids is 2. The van der Waals surface area contributed by atoms with Crippen LogP contribution in [0, 0.1) is 0 Å². The zero-order valence-corrected chi connectivity index (χ0v) is 12.2. The summed E-state index contributed by atoms with van der Waals surface area (Å²) in [4.78, 5) is 23.6. The van der Waals surface area contributed by atoms with Crippen LogP contribution in [0.5, 0.6) is 0 Å². The van der Waals surface area contributed by atoms with Gasteiger partial charge in [0.15, 0.2) is 17.6 Å². The molecule has 4 N–H and O–H groups in total. The summed E-state index contributed by atoms with van der Waals surface area (Å²) in [6, 6.07) is 0. The predicted molar refractivity (Wildman–Crippen MR) is 74.4 cm³/mol. The zero-order valence-electron chi connectivity index (χ0n) is 11.2. The van der Waals surface area contributed by atoms with Crippen LogP contribution in [0.15, 0.2) is 36.1 Å². The van der Waals surface area contributed by atoms with Gasteiger partial charge in [0.25, 0.3) is 0 Å². The van der Waals surface area contributed by atoms with Crippen LogP contribution in [0.3, 0.4) is 0 Å². The minimum Gasteiger partial charge on any atom is -0.482 e. The normalized spacial score (nSPS) is 40.4. The molecule has 2 aliphatic heterocycles. The Labute approximate surface area is 126 Å².